The van der Waals surface area contributed by atoms with Gasteiger partial charge >= 0.3 is 6.18 Å². The molecule has 0 aromatic rings. The molecule has 0 amide bonds. The van der Waals surface area contributed by atoms with Crippen molar-refractivity contribution in [1.29, 1.82) is 0 Å². The molecule has 0 heterocycles. The Kier molecular flexibility index (Phi) is 5.24. The third-order valence-corrected chi connectivity index (χ3v) is 1.61. The molecule has 0 aromatic heterocycles. The minimum atomic E-state index is -4.17. The molecule has 5 heteroatoms. The van der Waals surface area contributed by atoms with Gasteiger partial charge in [-0.1, -0.05) is 19.8 Å². The lowest BCUT2D eigenvalue weighted by Crippen LogP contribution is -2.44. The molecular weight excluding hydrogens is 169 g/mol. The third-order valence-electron chi connectivity index (χ3n) is 1.61. The van der Waals surface area contributed by atoms with Gasteiger partial charge in [0.2, 0.25) is 0 Å². The van der Waals surface area contributed by atoms with Crippen LogP contribution in [0.1, 0.15) is 26.2 Å². The number of hydrogen-bond acceptors (Lipinski definition) is 2. The lowest BCUT2D eigenvalue weighted by Gasteiger charge is -2.20. The van der Waals surface area contributed by atoms with Gasteiger partial charge in [-0.25, -0.2) is 0 Å². The van der Waals surface area contributed by atoms with Gasteiger partial charge in [0, 0.05) is 6.67 Å². The molecule has 0 radical (unpaired) electrons. The smallest absolute Gasteiger partial charge is 0.318 e. The molecule has 0 spiro atoms. The van der Waals surface area contributed by atoms with Crippen molar-refractivity contribution in [3.63, 3.8) is 0 Å². The van der Waals surface area contributed by atoms with Crippen LogP contribution in [0.4, 0.5) is 13.2 Å². The van der Waals surface area contributed by atoms with Crippen molar-refractivity contribution in [3.05, 3.63) is 0 Å². The zero-order chi connectivity index (χ0) is 9.61. The van der Waals surface area contributed by atoms with Gasteiger partial charge in [-0.3, -0.25) is 5.32 Å². The highest BCUT2D eigenvalue weighted by Crippen LogP contribution is 2.23. The van der Waals surface area contributed by atoms with E-state index in [9.17, 15) is 13.2 Å². The van der Waals surface area contributed by atoms with Gasteiger partial charge in [0.15, 0.2) is 0 Å². The quantitative estimate of drug-likeness (QED) is 0.637. The first kappa shape index (κ1) is 11.7. The average Bonchev–Trinajstić information content (AvgIpc) is 1.95. The lowest BCUT2D eigenvalue weighted by molar-refractivity contribution is -0.157. The number of unbranched alkanes of at least 4 members (excludes halogenated alkanes) is 1. The minimum Gasteiger partial charge on any atom is -0.318 e. The van der Waals surface area contributed by atoms with Crippen LogP contribution in [-0.2, 0) is 0 Å². The SMILES string of the molecule is CCCCC(NCN)C(F)(F)F. The van der Waals surface area contributed by atoms with Crippen molar-refractivity contribution < 1.29 is 13.2 Å². The molecule has 2 nitrogen and oxygen atoms in total. The van der Waals surface area contributed by atoms with Gasteiger partial charge in [-0.2, -0.15) is 13.2 Å². The van der Waals surface area contributed by atoms with Crippen LogP contribution in [0.5, 0.6) is 0 Å². The predicted molar refractivity (Wildman–Crippen MR) is 41.6 cm³/mol. The summed E-state index contributed by atoms with van der Waals surface area (Å²) in [4.78, 5) is 0. The Morgan fingerprint density at radius 3 is 2.33 bits per heavy atom. The van der Waals surface area contributed by atoms with E-state index in [-0.39, 0.29) is 13.1 Å². The van der Waals surface area contributed by atoms with E-state index in [0.717, 1.165) is 6.42 Å². The van der Waals surface area contributed by atoms with Crippen molar-refractivity contribution in [1.82, 2.24) is 5.32 Å². The second-order valence-corrected chi connectivity index (χ2v) is 2.64. The summed E-state index contributed by atoms with van der Waals surface area (Å²) in [6.45, 7) is 1.73. The number of rotatable bonds is 5. The van der Waals surface area contributed by atoms with E-state index < -0.39 is 12.2 Å². The molecule has 0 aliphatic carbocycles. The van der Waals surface area contributed by atoms with Crippen LogP contribution in [0.2, 0.25) is 0 Å². The summed E-state index contributed by atoms with van der Waals surface area (Å²) in [5.41, 5.74) is 4.99. The van der Waals surface area contributed by atoms with E-state index in [0.29, 0.717) is 6.42 Å². The Labute approximate surface area is 70.3 Å². The molecule has 0 aliphatic heterocycles. The summed E-state index contributed by atoms with van der Waals surface area (Å²) in [6.07, 6.45) is -2.73. The average molecular weight is 184 g/mol. The van der Waals surface area contributed by atoms with Crippen LogP contribution in [0.3, 0.4) is 0 Å². The monoisotopic (exact) mass is 184 g/mol. The zero-order valence-corrected chi connectivity index (χ0v) is 7.12. The summed E-state index contributed by atoms with van der Waals surface area (Å²) in [6, 6.07) is -1.44. The zero-order valence-electron chi connectivity index (χ0n) is 7.12. The second kappa shape index (κ2) is 5.37. The summed E-state index contributed by atoms with van der Waals surface area (Å²) in [5, 5.41) is 2.21. The molecule has 3 N–H and O–H groups in total. The fourth-order valence-electron chi connectivity index (χ4n) is 0.932. The molecule has 0 aromatic carbocycles. The van der Waals surface area contributed by atoms with Crippen molar-refractivity contribution in [2.24, 2.45) is 5.73 Å². The maximum absolute atomic E-state index is 12.1. The van der Waals surface area contributed by atoms with Crippen molar-refractivity contribution in [2.45, 2.75) is 38.4 Å². The number of halogens is 3. The summed E-state index contributed by atoms with van der Waals surface area (Å²) >= 11 is 0. The molecule has 0 rings (SSSR count). The predicted octanol–water partition coefficient (Wildman–Crippen LogP) is 1.61. The molecule has 1 atom stereocenters. The van der Waals surface area contributed by atoms with E-state index in [1.54, 1.807) is 0 Å². The minimum absolute atomic E-state index is 0.108. The first-order chi connectivity index (χ1) is 5.52. The van der Waals surface area contributed by atoms with Gasteiger partial charge in [0.05, 0.1) is 0 Å². The maximum Gasteiger partial charge on any atom is 0.403 e. The van der Waals surface area contributed by atoms with Crippen LogP contribution in [-0.4, -0.2) is 18.9 Å². The highest BCUT2D eigenvalue weighted by Gasteiger charge is 2.38. The number of alkyl halides is 3. The molecule has 12 heavy (non-hydrogen) atoms. The van der Waals surface area contributed by atoms with Crippen LogP contribution in [0, 0.1) is 0 Å². The third kappa shape index (κ3) is 4.56. The van der Waals surface area contributed by atoms with E-state index in [2.05, 4.69) is 5.32 Å². The van der Waals surface area contributed by atoms with Crippen LogP contribution >= 0.6 is 0 Å². The Balaban J connectivity index is 3.86. The Morgan fingerprint density at radius 1 is 1.42 bits per heavy atom. The Morgan fingerprint density at radius 2 is 2.00 bits per heavy atom. The van der Waals surface area contributed by atoms with Gasteiger partial charge in [0.1, 0.15) is 6.04 Å². The standard InChI is InChI=1S/C7H15F3N2/c1-2-3-4-6(12-5-11)7(8,9)10/h6,12H,2-5,11H2,1H3. The van der Waals surface area contributed by atoms with Crippen molar-refractivity contribution >= 4 is 0 Å². The lowest BCUT2D eigenvalue weighted by atomic mass is 10.1. The maximum atomic E-state index is 12.1. The van der Waals surface area contributed by atoms with Gasteiger partial charge in [0.25, 0.3) is 0 Å². The Hall–Kier alpha value is -0.290. The summed E-state index contributed by atoms with van der Waals surface area (Å²) in [5.74, 6) is 0. The normalized spacial score (nSPS) is 14.8. The van der Waals surface area contributed by atoms with E-state index >= 15 is 0 Å². The number of nitrogens with two attached hydrogens (primary N) is 1. The fourth-order valence-corrected chi connectivity index (χ4v) is 0.932. The van der Waals surface area contributed by atoms with Gasteiger partial charge < -0.3 is 5.73 Å². The fraction of sp³-hybridized carbons (Fsp3) is 1.00. The van der Waals surface area contributed by atoms with E-state index in [1.165, 1.54) is 0 Å². The number of hydrogen-bond donors (Lipinski definition) is 2. The van der Waals surface area contributed by atoms with Gasteiger partial charge in [-0.15, -0.1) is 0 Å². The molecule has 0 saturated heterocycles. The molecule has 74 valence electrons. The topological polar surface area (TPSA) is 38.0 Å². The largest absolute Gasteiger partial charge is 0.403 e. The van der Waals surface area contributed by atoms with Crippen LogP contribution in [0.15, 0.2) is 0 Å². The molecule has 0 aliphatic rings. The van der Waals surface area contributed by atoms with E-state index in [4.69, 9.17) is 5.73 Å². The van der Waals surface area contributed by atoms with Crippen molar-refractivity contribution in [3.8, 4) is 0 Å². The number of nitrogens with one attached hydrogen (secondary N) is 1. The van der Waals surface area contributed by atoms with E-state index in [1.807, 2.05) is 6.92 Å². The summed E-state index contributed by atoms with van der Waals surface area (Å²) < 4.78 is 36.3. The molecular formula is C7H15F3N2. The highest BCUT2D eigenvalue weighted by molar-refractivity contribution is 4.73. The van der Waals surface area contributed by atoms with Crippen LogP contribution < -0.4 is 11.1 Å². The van der Waals surface area contributed by atoms with Crippen LogP contribution in [0.25, 0.3) is 0 Å². The summed E-state index contributed by atoms with van der Waals surface area (Å²) in [7, 11) is 0. The highest BCUT2D eigenvalue weighted by atomic mass is 19.4. The molecule has 1 unspecified atom stereocenters. The van der Waals surface area contributed by atoms with Gasteiger partial charge in [-0.05, 0) is 6.42 Å². The molecule has 0 saturated carbocycles. The first-order valence-corrected chi connectivity index (χ1v) is 4.02. The second-order valence-electron chi connectivity index (χ2n) is 2.64. The molecule has 0 bridgehead atoms. The van der Waals surface area contributed by atoms with Crippen molar-refractivity contribution in [2.75, 3.05) is 6.67 Å². The molecule has 0 fully saturated rings. The first-order valence-electron chi connectivity index (χ1n) is 4.02. The Bertz CT molecular complexity index is 114.